The maximum absolute atomic E-state index is 14.1. The van der Waals surface area contributed by atoms with Gasteiger partial charge in [0.1, 0.15) is 11.4 Å². The molecule has 0 saturated carbocycles. The molecule has 178 valence electrons. The molecule has 1 atom stereocenters. The summed E-state index contributed by atoms with van der Waals surface area (Å²) in [6.07, 6.45) is 4.45. The van der Waals surface area contributed by atoms with Crippen molar-refractivity contribution in [1.82, 2.24) is 20.0 Å². The Hall–Kier alpha value is -3.72. The van der Waals surface area contributed by atoms with E-state index >= 15 is 0 Å². The Morgan fingerprint density at radius 2 is 1.94 bits per heavy atom. The number of hydrogen-bond acceptors (Lipinski definition) is 8. The number of para-hydroxylation sites is 2. The van der Waals surface area contributed by atoms with Crippen molar-refractivity contribution >= 4 is 28.6 Å². The molecule has 9 heteroatoms. The number of rotatable bonds is 5. The third kappa shape index (κ3) is 4.14. The molecular weight excluding hydrogens is 436 g/mol. The van der Waals surface area contributed by atoms with E-state index in [1.807, 2.05) is 13.0 Å². The standard InChI is InChI=1S/C25H28N4O5/c1-7-32-25(14-10-12-18(27-25)20-15(2)28-34-16(20)3)21(30)22-26-17-11-8-9-13-19(17)29(22)23(31)33-24(4,5)6/h8-14,27H,7H2,1-6H3. The second kappa shape index (κ2) is 8.57. The highest BCUT2D eigenvalue weighted by atomic mass is 16.6. The number of ether oxygens (including phenoxy) is 2. The molecule has 1 aromatic carbocycles. The number of nitrogens with one attached hydrogen (secondary N) is 1. The number of imidazole rings is 1. The van der Waals surface area contributed by atoms with E-state index < -0.39 is 23.2 Å². The number of nitrogens with zero attached hydrogens (tertiary/aromatic N) is 3. The van der Waals surface area contributed by atoms with Crippen molar-refractivity contribution in [3.8, 4) is 0 Å². The van der Waals surface area contributed by atoms with Gasteiger partial charge in [0.05, 0.1) is 22.3 Å². The fourth-order valence-electron chi connectivity index (χ4n) is 3.92. The first-order valence-electron chi connectivity index (χ1n) is 11.1. The van der Waals surface area contributed by atoms with E-state index in [1.54, 1.807) is 71.0 Å². The predicted molar refractivity (Wildman–Crippen MR) is 126 cm³/mol. The summed E-state index contributed by atoms with van der Waals surface area (Å²) >= 11 is 0. The van der Waals surface area contributed by atoms with E-state index in [4.69, 9.17) is 14.0 Å². The first kappa shape index (κ1) is 23.4. The van der Waals surface area contributed by atoms with Gasteiger partial charge < -0.3 is 19.3 Å². The van der Waals surface area contributed by atoms with Crippen LogP contribution in [0.3, 0.4) is 0 Å². The lowest BCUT2D eigenvalue weighted by atomic mass is 9.99. The monoisotopic (exact) mass is 464 g/mol. The Bertz CT molecular complexity index is 1310. The summed E-state index contributed by atoms with van der Waals surface area (Å²) in [5, 5.41) is 7.21. The van der Waals surface area contributed by atoms with Crippen molar-refractivity contribution < 1.29 is 23.6 Å². The van der Waals surface area contributed by atoms with E-state index in [9.17, 15) is 9.59 Å². The van der Waals surface area contributed by atoms with Crippen molar-refractivity contribution in [2.24, 2.45) is 0 Å². The molecule has 3 heterocycles. The van der Waals surface area contributed by atoms with Gasteiger partial charge in [-0.25, -0.2) is 14.3 Å². The van der Waals surface area contributed by atoms with Gasteiger partial charge >= 0.3 is 6.09 Å². The van der Waals surface area contributed by atoms with Crippen molar-refractivity contribution in [3.05, 3.63) is 65.3 Å². The molecule has 0 bridgehead atoms. The van der Waals surface area contributed by atoms with Gasteiger partial charge in [0, 0.05) is 12.3 Å². The molecule has 1 N–H and O–H groups in total. The molecule has 1 aliphatic rings. The van der Waals surface area contributed by atoms with E-state index in [0.29, 0.717) is 28.2 Å². The van der Waals surface area contributed by atoms with Crippen LogP contribution in [0.2, 0.25) is 0 Å². The molecule has 1 unspecified atom stereocenters. The Morgan fingerprint density at radius 1 is 1.21 bits per heavy atom. The quantitative estimate of drug-likeness (QED) is 0.548. The summed E-state index contributed by atoms with van der Waals surface area (Å²) in [5.41, 5.74) is 0.615. The minimum atomic E-state index is -1.60. The normalized spacial score (nSPS) is 18.0. The number of fused-ring (bicyclic) bond motifs is 1. The summed E-state index contributed by atoms with van der Waals surface area (Å²) in [6.45, 7) is 10.9. The van der Waals surface area contributed by atoms with Crippen LogP contribution in [-0.2, 0) is 9.47 Å². The Kier molecular flexibility index (Phi) is 5.91. The summed E-state index contributed by atoms with van der Waals surface area (Å²) in [7, 11) is 0. The Balaban J connectivity index is 1.83. The number of carbonyl (C=O) groups is 2. The molecule has 0 aliphatic carbocycles. The molecule has 0 saturated heterocycles. The van der Waals surface area contributed by atoms with Crippen LogP contribution < -0.4 is 5.32 Å². The van der Waals surface area contributed by atoms with Gasteiger partial charge in [-0.2, -0.15) is 0 Å². The van der Waals surface area contributed by atoms with Gasteiger partial charge in [-0.1, -0.05) is 23.4 Å². The maximum atomic E-state index is 14.1. The van der Waals surface area contributed by atoms with E-state index in [1.165, 1.54) is 4.57 Å². The predicted octanol–water partition coefficient (Wildman–Crippen LogP) is 4.54. The van der Waals surface area contributed by atoms with Gasteiger partial charge in [-0.05, 0) is 65.8 Å². The fraction of sp³-hybridized carbons (Fsp3) is 0.360. The number of aromatic nitrogens is 3. The van der Waals surface area contributed by atoms with Crippen LogP contribution in [0.15, 0.2) is 47.0 Å². The zero-order chi connectivity index (χ0) is 24.7. The smallest absolute Gasteiger partial charge is 0.420 e. The number of ketones is 1. The fourth-order valence-corrected chi connectivity index (χ4v) is 3.92. The Labute approximate surface area is 197 Å². The molecular formula is C25H28N4O5. The van der Waals surface area contributed by atoms with Crippen LogP contribution in [0.1, 0.15) is 55.3 Å². The average Bonchev–Trinajstić information content (AvgIpc) is 3.32. The molecule has 1 aliphatic heterocycles. The molecule has 0 amide bonds. The van der Waals surface area contributed by atoms with Crippen LogP contribution in [0.5, 0.6) is 0 Å². The highest BCUT2D eigenvalue weighted by molar-refractivity contribution is 6.07. The van der Waals surface area contributed by atoms with Crippen molar-refractivity contribution in [2.45, 2.75) is 52.9 Å². The van der Waals surface area contributed by atoms with Crippen molar-refractivity contribution in [2.75, 3.05) is 6.61 Å². The van der Waals surface area contributed by atoms with Crippen LogP contribution in [0.25, 0.3) is 16.7 Å². The third-order valence-electron chi connectivity index (χ3n) is 5.27. The zero-order valence-corrected chi connectivity index (χ0v) is 20.1. The zero-order valence-electron chi connectivity index (χ0n) is 20.1. The maximum Gasteiger partial charge on any atom is 0.420 e. The first-order valence-corrected chi connectivity index (χ1v) is 11.1. The number of aryl methyl sites for hydroxylation is 2. The molecule has 9 nitrogen and oxygen atoms in total. The number of dihydropyridines is 1. The van der Waals surface area contributed by atoms with Crippen molar-refractivity contribution in [3.63, 3.8) is 0 Å². The second-order valence-corrected chi connectivity index (χ2v) is 9.00. The molecule has 2 aromatic heterocycles. The largest absolute Gasteiger partial charge is 0.443 e. The van der Waals surface area contributed by atoms with Crippen LogP contribution in [0.4, 0.5) is 4.79 Å². The lowest BCUT2D eigenvalue weighted by molar-refractivity contribution is -0.00420. The van der Waals surface area contributed by atoms with E-state index in [2.05, 4.69) is 15.5 Å². The number of allylic oxidation sites excluding steroid dienone is 2. The SMILES string of the molecule is CCOC1(C(=O)c2nc3ccccc3n2C(=O)OC(C)(C)C)C=CC=C(c2c(C)noc2C)N1. The third-order valence-corrected chi connectivity index (χ3v) is 5.27. The number of Topliss-reactive ketones (excluding diaryl/α,β-unsaturated/α-hetero) is 1. The van der Waals surface area contributed by atoms with Crippen LogP contribution in [-0.4, -0.2) is 44.5 Å². The van der Waals surface area contributed by atoms with Crippen molar-refractivity contribution in [1.29, 1.82) is 0 Å². The number of benzene rings is 1. The van der Waals surface area contributed by atoms with Gasteiger partial charge in [0.25, 0.3) is 5.78 Å². The van der Waals surface area contributed by atoms with E-state index in [0.717, 1.165) is 5.56 Å². The summed E-state index contributed by atoms with van der Waals surface area (Å²) in [5.74, 6) is -0.0310. The van der Waals surface area contributed by atoms with Gasteiger partial charge in [-0.3, -0.25) is 4.79 Å². The number of carbonyl (C=O) groups excluding carboxylic acids is 2. The molecule has 4 rings (SSSR count). The van der Waals surface area contributed by atoms with Crippen LogP contribution in [0, 0.1) is 13.8 Å². The lowest BCUT2D eigenvalue weighted by Crippen LogP contribution is -2.54. The number of hydrogen-bond donors (Lipinski definition) is 1. The summed E-state index contributed by atoms with van der Waals surface area (Å²) < 4.78 is 18.1. The van der Waals surface area contributed by atoms with Gasteiger partial charge in [-0.15, -0.1) is 0 Å². The first-order chi connectivity index (χ1) is 16.1. The average molecular weight is 465 g/mol. The summed E-state index contributed by atoms with van der Waals surface area (Å²) in [4.78, 5) is 31.7. The highest BCUT2D eigenvalue weighted by Gasteiger charge is 2.44. The minimum absolute atomic E-state index is 0.0962. The molecule has 3 aromatic rings. The summed E-state index contributed by atoms with van der Waals surface area (Å²) in [6, 6.07) is 7.02. The molecule has 0 fully saturated rings. The highest BCUT2D eigenvalue weighted by Crippen LogP contribution is 2.30. The van der Waals surface area contributed by atoms with Crippen LogP contribution >= 0.6 is 0 Å². The lowest BCUT2D eigenvalue weighted by Gasteiger charge is -2.33. The van der Waals surface area contributed by atoms with Gasteiger partial charge in [0.15, 0.2) is 5.82 Å². The topological polar surface area (TPSA) is 108 Å². The molecule has 0 radical (unpaired) electrons. The van der Waals surface area contributed by atoms with E-state index in [-0.39, 0.29) is 12.4 Å². The minimum Gasteiger partial charge on any atom is -0.443 e. The second-order valence-electron chi connectivity index (χ2n) is 9.00. The Morgan fingerprint density at radius 3 is 2.59 bits per heavy atom. The molecule has 0 spiro atoms. The van der Waals surface area contributed by atoms with Gasteiger partial charge in [0.2, 0.25) is 5.72 Å². The molecule has 34 heavy (non-hydrogen) atoms.